The monoisotopic (exact) mass is 204 g/mol. The van der Waals surface area contributed by atoms with Crippen LogP contribution < -0.4 is 0 Å². The number of aliphatic carboxylic acids is 1. The molecule has 0 aliphatic heterocycles. The number of fused-ring (bicyclic) bond motifs is 1. The van der Waals surface area contributed by atoms with E-state index in [1.807, 2.05) is 6.07 Å². The average Bonchev–Trinajstić information content (AvgIpc) is 2.58. The Morgan fingerprint density at radius 2 is 2.13 bits per heavy atom. The third-order valence-corrected chi connectivity index (χ3v) is 3.22. The zero-order valence-corrected chi connectivity index (χ0v) is 8.99. The van der Waals surface area contributed by atoms with Crippen LogP contribution in [0.4, 0.5) is 0 Å². The number of carbonyl (C=O) groups is 1. The molecule has 0 amide bonds. The first-order valence-corrected chi connectivity index (χ1v) is 5.51. The van der Waals surface area contributed by atoms with Crippen LogP contribution in [0.5, 0.6) is 0 Å². The van der Waals surface area contributed by atoms with Crippen molar-refractivity contribution in [3.05, 3.63) is 34.9 Å². The standard InChI is InChI=1S/C13H16O2/c1-2-9-5-11-4-3-10(8-13(14)15)7-12(11)6-9/h3-4,7,9H,2,5-6,8H2,1H3,(H,14,15)/t9-/m0/s1. The Kier molecular flexibility index (Phi) is 2.76. The lowest BCUT2D eigenvalue weighted by molar-refractivity contribution is -0.136. The first-order chi connectivity index (χ1) is 7.19. The van der Waals surface area contributed by atoms with Crippen LogP contribution >= 0.6 is 0 Å². The van der Waals surface area contributed by atoms with Gasteiger partial charge in [-0.05, 0) is 35.4 Å². The highest BCUT2D eigenvalue weighted by Gasteiger charge is 2.20. The maximum absolute atomic E-state index is 10.6. The summed E-state index contributed by atoms with van der Waals surface area (Å²) in [6.45, 7) is 2.22. The zero-order valence-electron chi connectivity index (χ0n) is 8.99. The Balaban J connectivity index is 2.18. The fourth-order valence-electron chi connectivity index (χ4n) is 2.34. The van der Waals surface area contributed by atoms with Crippen LogP contribution in [0.25, 0.3) is 0 Å². The summed E-state index contributed by atoms with van der Waals surface area (Å²) in [5.41, 5.74) is 3.70. The van der Waals surface area contributed by atoms with E-state index in [4.69, 9.17) is 5.11 Å². The van der Waals surface area contributed by atoms with E-state index in [1.54, 1.807) is 0 Å². The number of hydrogen-bond donors (Lipinski definition) is 1. The van der Waals surface area contributed by atoms with E-state index in [2.05, 4.69) is 19.1 Å². The first kappa shape index (κ1) is 10.2. The average molecular weight is 204 g/mol. The molecular weight excluding hydrogens is 188 g/mol. The smallest absolute Gasteiger partial charge is 0.307 e. The summed E-state index contributed by atoms with van der Waals surface area (Å²) in [6, 6.07) is 6.12. The summed E-state index contributed by atoms with van der Waals surface area (Å²) in [6.07, 6.45) is 3.64. The lowest BCUT2D eigenvalue weighted by Crippen LogP contribution is -2.00. The Morgan fingerprint density at radius 3 is 2.80 bits per heavy atom. The minimum atomic E-state index is -0.750. The molecule has 0 saturated heterocycles. The highest BCUT2D eigenvalue weighted by Crippen LogP contribution is 2.29. The van der Waals surface area contributed by atoms with Gasteiger partial charge in [-0.1, -0.05) is 31.5 Å². The van der Waals surface area contributed by atoms with Gasteiger partial charge >= 0.3 is 5.97 Å². The second-order valence-corrected chi connectivity index (χ2v) is 4.36. The molecule has 1 N–H and O–H groups in total. The Bertz CT molecular complexity index is 382. The van der Waals surface area contributed by atoms with Gasteiger partial charge in [0.2, 0.25) is 0 Å². The summed E-state index contributed by atoms with van der Waals surface area (Å²) in [5, 5.41) is 8.71. The van der Waals surface area contributed by atoms with Crippen molar-refractivity contribution < 1.29 is 9.90 Å². The van der Waals surface area contributed by atoms with Crippen molar-refractivity contribution in [1.29, 1.82) is 0 Å². The van der Waals surface area contributed by atoms with E-state index in [1.165, 1.54) is 24.0 Å². The third kappa shape index (κ3) is 2.20. The van der Waals surface area contributed by atoms with E-state index in [0.717, 1.165) is 17.9 Å². The summed E-state index contributed by atoms with van der Waals surface area (Å²) in [4.78, 5) is 10.6. The van der Waals surface area contributed by atoms with Crippen LogP contribution in [-0.4, -0.2) is 11.1 Å². The normalized spacial score (nSPS) is 18.9. The van der Waals surface area contributed by atoms with Gasteiger partial charge in [-0.3, -0.25) is 4.79 Å². The van der Waals surface area contributed by atoms with Crippen molar-refractivity contribution in [3.63, 3.8) is 0 Å². The van der Waals surface area contributed by atoms with Crippen molar-refractivity contribution in [2.24, 2.45) is 5.92 Å². The van der Waals surface area contributed by atoms with Crippen molar-refractivity contribution >= 4 is 5.97 Å². The van der Waals surface area contributed by atoms with E-state index >= 15 is 0 Å². The molecule has 0 heterocycles. The van der Waals surface area contributed by atoms with Crippen LogP contribution in [-0.2, 0) is 24.1 Å². The minimum absolute atomic E-state index is 0.143. The van der Waals surface area contributed by atoms with Gasteiger partial charge in [-0.2, -0.15) is 0 Å². The summed E-state index contributed by atoms with van der Waals surface area (Å²) >= 11 is 0. The third-order valence-electron chi connectivity index (χ3n) is 3.22. The van der Waals surface area contributed by atoms with Crippen molar-refractivity contribution in [2.45, 2.75) is 32.6 Å². The second kappa shape index (κ2) is 4.05. The molecule has 80 valence electrons. The molecule has 0 saturated carbocycles. The molecule has 1 aliphatic rings. The van der Waals surface area contributed by atoms with E-state index < -0.39 is 5.97 Å². The van der Waals surface area contributed by atoms with Crippen molar-refractivity contribution in [1.82, 2.24) is 0 Å². The topological polar surface area (TPSA) is 37.3 Å². The van der Waals surface area contributed by atoms with Crippen LogP contribution in [0.2, 0.25) is 0 Å². The number of carboxylic acids is 1. The Hall–Kier alpha value is -1.31. The lowest BCUT2D eigenvalue weighted by Gasteiger charge is -2.02. The molecule has 1 aliphatic carbocycles. The predicted molar refractivity (Wildman–Crippen MR) is 59.0 cm³/mol. The van der Waals surface area contributed by atoms with Crippen LogP contribution in [0.15, 0.2) is 18.2 Å². The van der Waals surface area contributed by atoms with Gasteiger partial charge in [0.05, 0.1) is 6.42 Å². The number of benzene rings is 1. The van der Waals surface area contributed by atoms with Gasteiger partial charge in [0.15, 0.2) is 0 Å². The van der Waals surface area contributed by atoms with Gasteiger partial charge in [0, 0.05) is 0 Å². The second-order valence-electron chi connectivity index (χ2n) is 4.36. The Morgan fingerprint density at radius 1 is 1.40 bits per heavy atom. The van der Waals surface area contributed by atoms with Crippen molar-refractivity contribution in [3.8, 4) is 0 Å². The molecule has 2 rings (SSSR count). The lowest BCUT2D eigenvalue weighted by atomic mass is 10.0. The van der Waals surface area contributed by atoms with E-state index in [9.17, 15) is 4.79 Å². The Labute approximate surface area is 89.9 Å². The number of carboxylic acid groups (broad SMARTS) is 1. The molecule has 0 fully saturated rings. The quantitative estimate of drug-likeness (QED) is 0.821. The van der Waals surface area contributed by atoms with Gasteiger partial charge in [0.25, 0.3) is 0 Å². The summed E-state index contributed by atoms with van der Waals surface area (Å²) in [5.74, 6) is 0.0140. The highest BCUT2D eigenvalue weighted by molar-refractivity contribution is 5.70. The molecule has 0 bridgehead atoms. The van der Waals surface area contributed by atoms with Crippen LogP contribution in [0.1, 0.15) is 30.0 Å². The fourth-order valence-corrected chi connectivity index (χ4v) is 2.34. The number of hydrogen-bond acceptors (Lipinski definition) is 1. The van der Waals surface area contributed by atoms with Gasteiger partial charge in [0.1, 0.15) is 0 Å². The van der Waals surface area contributed by atoms with Gasteiger partial charge in [-0.15, -0.1) is 0 Å². The molecule has 15 heavy (non-hydrogen) atoms. The predicted octanol–water partition coefficient (Wildman–Crippen LogP) is 2.44. The SMILES string of the molecule is CC[C@H]1Cc2ccc(CC(=O)O)cc2C1. The number of rotatable bonds is 3. The van der Waals surface area contributed by atoms with Crippen LogP contribution in [0, 0.1) is 5.92 Å². The van der Waals surface area contributed by atoms with Gasteiger partial charge < -0.3 is 5.11 Å². The maximum Gasteiger partial charge on any atom is 0.307 e. The molecule has 2 nitrogen and oxygen atoms in total. The van der Waals surface area contributed by atoms with Gasteiger partial charge in [-0.25, -0.2) is 0 Å². The fraction of sp³-hybridized carbons (Fsp3) is 0.462. The molecule has 0 spiro atoms. The molecule has 0 unspecified atom stereocenters. The zero-order chi connectivity index (χ0) is 10.8. The molecule has 1 aromatic rings. The largest absolute Gasteiger partial charge is 0.481 e. The molecular formula is C13H16O2. The molecule has 1 atom stereocenters. The first-order valence-electron chi connectivity index (χ1n) is 5.51. The molecule has 2 heteroatoms. The maximum atomic E-state index is 10.6. The molecule has 1 aromatic carbocycles. The van der Waals surface area contributed by atoms with Crippen molar-refractivity contribution in [2.75, 3.05) is 0 Å². The highest BCUT2D eigenvalue weighted by atomic mass is 16.4. The van der Waals surface area contributed by atoms with Crippen LogP contribution in [0.3, 0.4) is 0 Å². The van der Waals surface area contributed by atoms with E-state index in [0.29, 0.717) is 0 Å². The summed E-state index contributed by atoms with van der Waals surface area (Å²) in [7, 11) is 0. The summed E-state index contributed by atoms with van der Waals surface area (Å²) < 4.78 is 0. The van der Waals surface area contributed by atoms with E-state index in [-0.39, 0.29) is 6.42 Å². The molecule has 0 radical (unpaired) electrons. The molecule has 0 aromatic heterocycles. The minimum Gasteiger partial charge on any atom is -0.481 e.